The molecule has 2 unspecified atom stereocenters. The summed E-state index contributed by atoms with van der Waals surface area (Å²) in [5, 5.41) is 3.63. The molecule has 1 N–H and O–H groups in total. The predicted octanol–water partition coefficient (Wildman–Crippen LogP) is 2.10. The highest BCUT2D eigenvalue weighted by Crippen LogP contribution is 2.29. The van der Waals surface area contributed by atoms with Crippen molar-refractivity contribution in [1.82, 2.24) is 5.32 Å². The number of hydrogen-bond donors (Lipinski definition) is 1. The van der Waals surface area contributed by atoms with Crippen molar-refractivity contribution in [1.29, 1.82) is 0 Å². The van der Waals surface area contributed by atoms with E-state index in [1.165, 1.54) is 25.7 Å². The van der Waals surface area contributed by atoms with E-state index < -0.39 is 0 Å². The summed E-state index contributed by atoms with van der Waals surface area (Å²) in [6.45, 7) is 9.33. The molecule has 0 bridgehead atoms. The molecule has 2 atom stereocenters. The van der Waals surface area contributed by atoms with Gasteiger partial charge in [-0.3, -0.25) is 0 Å². The summed E-state index contributed by atoms with van der Waals surface area (Å²) in [6.07, 6.45) is 5.11. The summed E-state index contributed by atoms with van der Waals surface area (Å²) in [4.78, 5) is 0. The molecule has 0 aromatic heterocycles. The molecule has 0 spiro atoms. The van der Waals surface area contributed by atoms with Crippen molar-refractivity contribution in [2.24, 2.45) is 0 Å². The Morgan fingerprint density at radius 3 is 2.62 bits per heavy atom. The van der Waals surface area contributed by atoms with Crippen LogP contribution in [0.1, 0.15) is 46.5 Å². The van der Waals surface area contributed by atoms with Crippen LogP contribution in [0.2, 0.25) is 0 Å². The lowest BCUT2D eigenvalue weighted by molar-refractivity contribution is -0.0250. The molecule has 3 heteroatoms. The van der Waals surface area contributed by atoms with Gasteiger partial charge < -0.3 is 14.8 Å². The van der Waals surface area contributed by atoms with Gasteiger partial charge in [-0.25, -0.2) is 0 Å². The minimum Gasteiger partial charge on any atom is -0.380 e. The highest BCUT2D eigenvalue weighted by Gasteiger charge is 2.34. The maximum absolute atomic E-state index is 5.98. The fraction of sp³-hybridized carbons (Fsp3) is 1.00. The van der Waals surface area contributed by atoms with Gasteiger partial charge in [-0.05, 0) is 46.5 Å². The predicted molar refractivity (Wildman–Crippen MR) is 64.6 cm³/mol. The summed E-state index contributed by atoms with van der Waals surface area (Å²) in [7, 11) is 0. The van der Waals surface area contributed by atoms with E-state index in [0.29, 0.717) is 6.10 Å². The zero-order valence-electron chi connectivity index (χ0n) is 10.8. The normalized spacial score (nSPS) is 38.8. The average molecular weight is 227 g/mol. The van der Waals surface area contributed by atoms with Crippen molar-refractivity contribution in [3.8, 4) is 0 Å². The van der Waals surface area contributed by atoms with Gasteiger partial charge in [0.15, 0.2) is 0 Å². The van der Waals surface area contributed by atoms with Crippen molar-refractivity contribution in [3.63, 3.8) is 0 Å². The third kappa shape index (κ3) is 3.19. The van der Waals surface area contributed by atoms with Crippen molar-refractivity contribution in [2.75, 3.05) is 19.8 Å². The Kier molecular flexibility index (Phi) is 3.57. The minimum atomic E-state index is 0.0797. The van der Waals surface area contributed by atoms with E-state index in [1.54, 1.807) is 0 Å². The highest BCUT2D eigenvalue weighted by atomic mass is 16.5. The first kappa shape index (κ1) is 12.3. The molecule has 16 heavy (non-hydrogen) atoms. The van der Waals surface area contributed by atoms with Crippen LogP contribution in [0.3, 0.4) is 0 Å². The first-order valence-corrected chi connectivity index (χ1v) is 6.50. The number of rotatable bonds is 3. The molecule has 2 aliphatic heterocycles. The molecule has 2 heterocycles. The third-order valence-corrected chi connectivity index (χ3v) is 3.75. The number of hydrogen-bond acceptors (Lipinski definition) is 3. The van der Waals surface area contributed by atoms with Crippen LogP contribution in [0, 0.1) is 0 Å². The molecule has 3 nitrogen and oxygen atoms in total. The molecular formula is C13H25NO2. The molecule has 0 amide bonds. The maximum Gasteiger partial charge on any atom is 0.0708 e. The molecule has 0 saturated carbocycles. The van der Waals surface area contributed by atoms with Crippen LogP contribution in [0.25, 0.3) is 0 Å². The standard InChI is InChI=1S/C13H25NO2/c1-12(2)7-5-11(16-12)9-14-13(3)6-4-8-15-10-13/h11,14H,4-10H2,1-3H3. The summed E-state index contributed by atoms with van der Waals surface area (Å²) in [5.41, 5.74) is 0.241. The van der Waals surface area contributed by atoms with E-state index in [9.17, 15) is 0 Å². The van der Waals surface area contributed by atoms with Gasteiger partial charge in [0, 0.05) is 18.7 Å². The molecule has 0 aromatic rings. The first-order chi connectivity index (χ1) is 7.49. The number of ether oxygens (including phenoxy) is 2. The van der Waals surface area contributed by atoms with Crippen LogP contribution in [-0.4, -0.2) is 37.0 Å². The largest absolute Gasteiger partial charge is 0.380 e. The van der Waals surface area contributed by atoms with Crippen LogP contribution in [0.5, 0.6) is 0 Å². The van der Waals surface area contributed by atoms with Gasteiger partial charge in [-0.15, -0.1) is 0 Å². The summed E-state index contributed by atoms with van der Waals surface area (Å²) in [5.74, 6) is 0. The summed E-state index contributed by atoms with van der Waals surface area (Å²) < 4.78 is 11.5. The Balaban J connectivity index is 1.75. The molecule has 2 rings (SSSR count). The SMILES string of the molecule is CC1(NCC2CCC(C)(C)O2)CCCOC1. The van der Waals surface area contributed by atoms with Crippen LogP contribution >= 0.6 is 0 Å². The van der Waals surface area contributed by atoms with E-state index >= 15 is 0 Å². The Hall–Kier alpha value is -0.120. The fourth-order valence-electron chi connectivity index (χ4n) is 2.66. The van der Waals surface area contributed by atoms with Crippen molar-refractivity contribution >= 4 is 0 Å². The van der Waals surface area contributed by atoms with Crippen LogP contribution in [0.15, 0.2) is 0 Å². The summed E-state index contributed by atoms with van der Waals surface area (Å²) >= 11 is 0. The van der Waals surface area contributed by atoms with Gasteiger partial charge in [0.05, 0.1) is 18.3 Å². The van der Waals surface area contributed by atoms with Crippen molar-refractivity contribution in [3.05, 3.63) is 0 Å². The molecular weight excluding hydrogens is 202 g/mol. The van der Waals surface area contributed by atoms with Gasteiger partial charge in [0.25, 0.3) is 0 Å². The van der Waals surface area contributed by atoms with Crippen molar-refractivity contribution < 1.29 is 9.47 Å². The topological polar surface area (TPSA) is 30.5 Å². The van der Waals surface area contributed by atoms with Gasteiger partial charge in [-0.1, -0.05) is 0 Å². The zero-order chi connectivity index (χ0) is 11.6. The molecule has 0 aromatic carbocycles. The third-order valence-electron chi connectivity index (χ3n) is 3.75. The Bertz CT molecular complexity index is 234. The number of nitrogens with one attached hydrogen (secondary N) is 1. The smallest absolute Gasteiger partial charge is 0.0708 e. The molecule has 0 radical (unpaired) electrons. The van der Waals surface area contributed by atoms with E-state index in [0.717, 1.165) is 19.8 Å². The Labute approximate surface area is 98.9 Å². The maximum atomic E-state index is 5.98. The average Bonchev–Trinajstić information content (AvgIpc) is 2.57. The molecule has 2 saturated heterocycles. The van der Waals surface area contributed by atoms with Crippen LogP contribution in [-0.2, 0) is 9.47 Å². The lowest BCUT2D eigenvalue weighted by Crippen LogP contribution is -2.51. The van der Waals surface area contributed by atoms with Gasteiger partial charge in [0.1, 0.15) is 0 Å². The van der Waals surface area contributed by atoms with Gasteiger partial charge >= 0.3 is 0 Å². The van der Waals surface area contributed by atoms with Gasteiger partial charge in [-0.2, -0.15) is 0 Å². The Morgan fingerprint density at radius 2 is 2.06 bits per heavy atom. The van der Waals surface area contributed by atoms with E-state index in [-0.39, 0.29) is 11.1 Å². The van der Waals surface area contributed by atoms with Gasteiger partial charge in [0.2, 0.25) is 0 Å². The van der Waals surface area contributed by atoms with E-state index in [2.05, 4.69) is 26.1 Å². The quantitative estimate of drug-likeness (QED) is 0.801. The fourth-order valence-corrected chi connectivity index (χ4v) is 2.66. The lowest BCUT2D eigenvalue weighted by atomic mass is 9.94. The monoisotopic (exact) mass is 227 g/mol. The Morgan fingerprint density at radius 1 is 1.25 bits per heavy atom. The van der Waals surface area contributed by atoms with E-state index in [1.807, 2.05) is 0 Å². The second-order valence-corrected chi connectivity index (χ2v) is 6.14. The molecule has 2 aliphatic rings. The highest BCUT2D eigenvalue weighted by molar-refractivity contribution is 4.89. The summed E-state index contributed by atoms with van der Waals surface area (Å²) in [6, 6.07) is 0. The van der Waals surface area contributed by atoms with Crippen LogP contribution < -0.4 is 5.32 Å². The van der Waals surface area contributed by atoms with Crippen molar-refractivity contribution in [2.45, 2.75) is 63.7 Å². The lowest BCUT2D eigenvalue weighted by Gasteiger charge is -2.35. The first-order valence-electron chi connectivity index (χ1n) is 6.50. The zero-order valence-corrected chi connectivity index (χ0v) is 10.8. The minimum absolute atomic E-state index is 0.0797. The van der Waals surface area contributed by atoms with Crippen LogP contribution in [0.4, 0.5) is 0 Å². The molecule has 94 valence electrons. The second-order valence-electron chi connectivity index (χ2n) is 6.14. The second kappa shape index (κ2) is 4.63. The molecule has 2 fully saturated rings. The molecule has 0 aliphatic carbocycles. The van der Waals surface area contributed by atoms with E-state index in [4.69, 9.17) is 9.47 Å².